The summed E-state index contributed by atoms with van der Waals surface area (Å²) in [6.07, 6.45) is 0. The summed E-state index contributed by atoms with van der Waals surface area (Å²) in [4.78, 5) is 8.39. The highest BCUT2D eigenvalue weighted by Crippen LogP contribution is 2.17. The molecule has 0 amide bonds. The van der Waals surface area contributed by atoms with Gasteiger partial charge in [-0.25, -0.2) is 9.97 Å². The fourth-order valence-electron chi connectivity index (χ4n) is 1.86. The summed E-state index contributed by atoms with van der Waals surface area (Å²) < 4.78 is 0. The molecule has 90 valence electrons. The van der Waals surface area contributed by atoms with Gasteiger partial charge in [-0.2, -0.15) is 5.26 Å². The molecule has 0 aliphatic carbocycles. The topological polar surface area (TPSA) is 61.6 Å². The van der Waals surface area contributed by atoms with E-state index in [4.69, 9.17) is 5.26 Å². The predicted molar refractivity (Wildman–Crippen MR) is 70.7 cm³/mol. The van der Waals surface area contributed by atoms with Crippen LogP contribution in [-0.2, 0) is 0 Å². The van der Waals surface area contributed by atoms with Gasteiger partial charge in [0.1, 0.15) is 11.8 Å². The maximum absolute atomic E-state index is 8.87. The lowest BCUT2D eigenvalue weighted by Gasteiger charge is -2.07. The summed E-state index contributed by atoms with van der Waals surface area (Å²) in [6.45, 7) is 5.92. The molecule has 0 bridgehead atoms. The maximum Gasteiger partial charge on any atom is 0.228 e. The molecule has 0 saturated carbocycles. The minimum atomic E-state index is 0.370. The van der Waals surface area contributed by atoms with E-state index >= 15 is 0 Å². The number of aryl methyl sites for hydroxylation is 3. The molecule has 1 aromatic carbocycles. The first kappa shape index (κ1) is 12.1. The van der Waals surface area contributed by atoms with Crippen LogP contribution in [0.25, 0.3) is 0 Å². The van der Waals surface area contributed by atoms with Crippen molar-refractivity contribution in [2.24, 2.45) is 0 Å². The van der Waals surface area contributed by atoms with Crippen LogP contribution in [0, 0.1) is 32.1 Å². The van der Waals surface area contributed by atoms with Gasteiger partial charge < -0.3 is 5.32 Å². The van der Waals surface area contributed by atoms with Crippen molar-refractivity contribution in [3.8, 4) is 6.07 Å². The third-order valence-electron chi connectivity index (χ3n) is 2.45. The number of hydrogen-bond acceptors (Lipinski definition) is 4. The van der Waals surface area contributed by atoms with Gasteiger partial charge in [0.05, 0.1) is 0 Å². The second kappa shape index (κ2) is 4.84. The van der Waals surface area contributed by atoms with Crippen molar-refractivity contribution in [1.82, 2.24) is 9.97 Å². The second-order valence-corrected chi connectivity index (χ2v) is 4.33. The summed E-state index contributed by atoms with van der Waals surface area (Å²) in [5, 5.41) is 12.0. The van der Waals surface area contributed by atoms with Crippen LogP contribution in [-0.4, -0.2) is 9.97 Å². The van der Waals surface area contributed by atoms with Crippen LogP contribution in [0.15, 0.2) is 24.3 Å². The fourth-order valence-corrected chi connectivity index (χ4v) is 1.86. The van der Waals surface area contributed by atoms with Gasteiger partial charge in [0, 0.05) is 11.4 Å². The smallest absolute Gasteiger partial charge is 0.228 e. The highest BCUT2D eigenvalue weighted by Gasteiger charge is 2.03. The average molecular weight is 238 g/mol. The molecule has 1 N–H and O–H groups in total. The van der Waals surface area contributed by atoms with E-state index in [0.717, 1.165) is 11.4 Å². The zero-order chi connectivity index (χ0) is 13.1. The molecule has 1 aromatic heterocycles. The van der Waals surface area contributed by atoms with E-state index in [1.54, 1.807) is 6.07 Å². The number of anilines is 2. The Hall–Kier alpha value is -2.41. The van der Waals surface area contributed by atoms with Crippen molar-refractivity contribution in [2.45, 2.75) is 20.8 Å². The van der Waals surface area contributed by atoms with E-state index in [0.29, 0.717) is 11.6 Å². The Morgan fingerprint density at radius 3 is 2.28 bits per heavy atom. The van der Waals surface area contributed by atoms with Gasteiger partial charge in [0.2, 0.25) is 5.95 Å². The van der Waals surface area contributed by atoms with Gasteiger partial charge in [0.15, 0.2) is 0 Å². The molecular formula is C14H14N4. The lowest BCUT2D eigenvalue weighted by Crippen LogP contribution is -2.00. The normalized spacial score (nSPS) is 9.89. The molecule has 0 atom stereocenters. The first-order valence-corrected chi connectivity index (χ1v) is 5.68. The SMILES string of the molecule is Cc1cc(C)cc(Nc2nc(C)cc(C#N)n2)c1. The van der Waals surface area contributed by atoms with Crippen molar-refractivity contribution in [3.63, 3.8) is 0 Å². The number of hydrogen-bond donors (Lipinski definition) is 1. The van der Waals surface area contributed by atoms with Gasteiger partial charge in [0.25, 0.3) is 0 Å². The minimum Gasteiger partial charge on any atom is -0.324 e. The van der Waals surface area contributed by atoms with Gasteiger partial charge in [-0.1, -0.05) is 6.07 Å². The molecule has 0 radical (unpaired) electrons. The van der Waals surface area contributed by atoms with E-state index in [1.165, 1.54) is 11.1 Å². The van der Waals surface area contributed by atoms with Gasteiger partial charge in [-0.15, -0.1) is 0 Å². The molecule has 0 unspecified atom stereocenters. The fraction of sp³-hybridized carbons (Fsp3) is 0.214. The van der Waals surface area contributed by atoms with Crippen molar-refractivity contribution >= 4 is 11.6 Å². The summed E-state index contributed by atoms with van der Waals surface area (Å²) in [5.74, 6) is 0.455. The Labute approximate surface area is 106 Å². The quantitative estimate of drug-likeness (QED) is 0.873. The lowest BCUT2D eigenvalue weighted by molar-refractivity contribution is 1.09. The molecule has 4 heteroatoms. The van der Waals surface area contributed by atoms with Crippen LogP contribution >= 0.6 is 0 Å². The first-order chi connectivity index (χ1) is 8.56. The summed E-state index contributed by atoms with van der Waals surface area (Å²) in [6, 6.07) is 9.82. The van der Waals surface area contributed by atoms with Gasteiger partial charge >= 0.3 is 0 Å². The summed E-state index contributed by atoms with van der Waals surface area (Å²) >= 11 is 0. The molecule has 0 saturated heterocycles. The molecule has 0 spiro atoms. The highest BCUT2D eigenvalue weighted by molar-refractivity contribution is 5.56. The first-order valence-electron chi connectivity index (χ1n) is 5.68. The van der Waals surface area contributed by atoms with Crippen LogP contribution in [0.3, 0.4) is 0 Å². The van der Waals surface area contributed by atoms with Crippen molar-refractivity contribution in [2.75, 3.05) is 5.32 Å². The summed E-state index contributed by atoms with van der Waals surface area (Å²) in [5.41, 5.74) is 4.42. The standard InChI is InChI=1S/C14H14N4/c1-9-4-10(2)6-12(5-9)17-14-16-11(3)7-13(8-15)18-14/h4-7H,1-3H3,(H,16,17,18). The second-order valence-electron chi connectivity index (χ2n) is 4.33. The highest BCUT2D eigenvalue weighted by atomic mass is 15.1. The van der Waals surface area contributed by atoms with Gasteiger partial charge in [-0.05, 0) is 50.1 Å². The van der Waals surface area contributed by atoms with Crippen LogP contribution < -0.4 is 5.32 Å². The third kappa shape index (κ3) is 2.83. The molecule has 4 nitrogen and oxygen atoms in total. The average Bonchev–Trinajstić information content (AvgIpc) is 2.26. The number of nitriles is 1. The Bertz CT molecular complexity index is 606. The van der Waals surface area contributed by atoms with Crippen molar-refractivity contribution in [3.05, 3.63) is 46.8 Å². The third-order valence-corrected chi connectivity index (χ3v) is 2.45. The molecule has 2 rings (SSSR count). The number of rotatable bonds is 2. The van der Waals surface area contributed by atoms with Crippen molar-refractivity contribution < 1.29 is 0 Å². The molecule has 2 aromatic rings. The molecular weight excluding hydrogens is 224 g/mol. The Balaban J connectivity index is 2.34. The van der Waals surface area contributed by atoms with Crippen LogP contribution in [0.4, 0.5) is 11.6 Å². The zero-order valence-electron chi connectivity index (χ0n) is 10.7. The molecule has 0 fully saturated rings. The number of benzene rings is 1. The zero-order valence-corrected chi connectivity index (χ0v) is 10.7. The molecule has 18 heavy (non-hydrogen) atoms. The molecule has 0 aliphatic heterocycles. The molecule has 1 heterocycles. The lowest BCUT2D eigenvalue weighted by atomic mass is 10.1. The van der Waals surface area contributed by atoms with Crippen LogP contribution in [0.2, 0.25) is 0 Å². The van der Waals surface area contributed by atoms with E-state index < -0.39 is 0 Å². The predicted octanol–water partition coefficient (Wildman–Crippen LogP) is 3.02. The van der Waals surface area contributed by atoms with E-state index in [9.17, 15) is 0 Å². The van der Waals surface area contributed by atoms with E-state index in [1.807, 2.05) is 39.0 Å². The number of nitrogens with zero attached hydrogens (tertiary/aromatic N) is 3. The largest absolute Gasteiger partial charge is 0.324 e. The monoisotopic (exact) mass is 238 g/mol. The number of aromatic nitrogens is 2. The Morgan fingerprint density at radius 2 is 1.67 bits per heavy atom. The Kier molecular flexibility index (Phi) is 3.24. The number of nitrogens with one attached hydrogen (secondary N) is 1. The summed E-state index contributed by atoms with van der Waals surface area (Å²) in [7, 11) is 0. The van der Waals surface area contributed by atoms with Crippen molar-refractivity contribution in [1.29, 1.82) is 5.26 Å². The molecule has 0 aliphatic rings. The van der Waals surface area contributed by atoms with Crippen LogP contribution in [0.1, 0.15) is 22.5 Å². The minimum absolute atomic E-state index is 0.370. The van der Waals surface area contributed by atoms with Crippen LogP contribution in [0.5, 0.6) is 0 Å². The Morgan fingerprint density at radius 1 is 1.00 bits per heavy atom. The van der Waals surface area contributed by atoms with Gasteiger partial charge in [-0.3, -0.25) is 0 Å². The van der Waals surface area contributed by atoms with E-state index in [2.05, 4.69) is 21.4 Å². The van der Waals surface area contributed by atoms with E-state index in [-0.39, 0.29) is 0 Å². The maximum atomic E-state index is 8.87.